The lowest BCUT2D eigenvalue weighted by atomic mass is 9.90. The van der Waals surface area contributed by atoms with Crippen molar-refractivity contribution in [1.82, 2.24) is 20.6 Å². The molecule has 1 aromatic heterocycles. The maximum atomic E-state index is 12.9. The van der Waals surface area contributed by atoms with Crippen LogP contribution in [0.4, 0.5) is 11.6 Å². The van der Waals surface area contributed by atoms with Gasteiger partial charge in [-0.25, -0.2) is 9.97 Å². The topological polar surface area (TPSA) is 105 Å². The minimum atomic E-state index is -0.258. The Morgan fingerprint density at radius 2 is 1.84 bits per heavy atom. The van der Waals surface area contributed by atoms with Gasteiger partial charge in [0.1, 0.15) is 11.4 Å². The van der Waals surface area contributed by atoms with E-state index in [1.807, 2.05) is 31.2 Å². The minimum Gasteiger partial charge on any atom is -0.494 e. The fourth-order valence-electron chi connectivity index (χ4n) is 3.87. The average molecular weight is 424 g/mol. The maximum absolute atomic E-state index is 12.9. The van der Waals surface area contributed by atoms with Crippen molar-refractivity contribution in [3.8, 4) is 5.75 Å². The van der Waals surface area contributed by atoms with E-state index in [2.05, 4.69) is 25.9 Å². The molecular weight excluding hydrogens is 394 g/mol. The van der Waals surface area contributed by atoms with Gasteiger partial charge in [-0.3, -0.25) is 9.59 Å². The Labute approximate surface area is 182 Å². The number of nitrogens with one attached hydrogen (secondary N) is 3. The van der Waals surface area contributed by atoms with Crippen LogP contribution in [0.1, 0.15) is 55.9 Å². The Morgan fingerprint density at radius 1 is 1.06 bits per heavy atom. The summed E-state index contributed by atoms with van der Waals surface area (Å²) in [6.45, 7) is 2.51. The molecule has 0 bridgehead atoms. The van der Waals surface area contributed by atoms with Crippen molar-refractivity contribution in [2.75, 3.05) is 11.9 Å². The summed E-state index contributed by atoms with van der Waals surface area (Å²) in [4.78, 5) is 33.7. The summed E-state index contributed by atoms with van der Waals surface area (Å²) in [6.07, 6.45) is 7.33. The van der Waals surface area contributed by atoms with Crippen LogP contribution in [-0.2, 0) is 4.79 Å². The molecule has 4 rings (SSSR count). The molecular formula is C23H29N5O3. The van der Waals surface area contributed by atoms with E-state index in [1.165, 1.54) is 0 Å². The molecule has 0 radical (unpaired) electrons. The lowest BCUT2D eigenvalue weighted by Gasteiger charge is -2.32. The highest BCUT2D eigenvalue weighted by molar-refractivity contribution is 5.92. The van der Waals surface area contributed by atoms with Crippen molar-refractivity contribution in [3.63, 3.8) is 0 Å². The SMILES string of the molecule is CCOc1cccc(Nc2nccc(C(=O)NC3CCCCC3NC(=O)C3CC3)n2)c1. The molecule has 2 unspecified atom stereocenters. The zero-order chi connectivity index (χ0) is 21.6. The summed E-state index contributed by atoms with van der Waals surface area (Å²) < 4.78 is 5.51. The highest BCUT2D eigenvalue weighted by Gasteiger charge is 2.34. The lowest BCUT2D eigenvalue weighted by molar-refractivity contribution is -0.123. The third kappa shape index (κ3) is 5.71. The number of hydrogen-bond acceptors (Lipinski definition) is 6. The van der Waals surface area contributed by atoms with Crippen molar-refractivity contribution >= 4 is 23.5 Å². The summed E-state index contributed by atoms with van der Waals surface area (Å²) in [7, 11) is 0. The first-order valence-corrected chi connectivity index (χ1v) is 11.1. The highest BCUT2D eigenvalue weighted by Crippen LogP contribution is 2.30. The second-order valence-corrected chi connectivity index (χ2v) is 8.11. The first-order valence-electron chi connectivity index (χ1n) is 11.1. The van der Waals surface area contributed by atoms with Crippen LogP contribution in [-0.4, -0.2) is 40.5 Å². The van der Waals surface area contributed by atoms with Crippen molar-refractivity contribution in [2.24, 2.45) is 5.92 Å². The van der Waals surface area contributed by atoms with E-state index in [-0.39, 0.29) is 35.5 Å². The summed E-state index contributed by atoms with van der Waals surface area (Å²) in [5.41, 5.74) is 1.06. The van der Waals surface area contributed by atoms with Crippen LogP contribution in [0, 0.1) is 5.92 Å². The van der Waals surface area contributed by atoms with Crippen LogP contribution >= 0.6 is 0 Å². The molecule has 8 nitrogen and oxygen atoms in total. The largest absolute Gasteiger partial charge is 0.494 e. The second kappa shape index (κ2) is 9.76. The smallest absolute Gasteiger partial charge is 0.270 e. The normalized spacial score (nSPS) is 20.5. The quantitative estimate of drug-likeness (QED) is 0.602. The maximum Gasteiger partial charge on any atom is 0.270 e. The second-order valence-electron chi connectivity index (χ2n) is 8.11. The van der Waals surface area contributed by atoms with Crippen molar-refractivity contribution in [3.05, 3.63) is 42.2 Å². The van der Waals surface area contributed by atoms with Gasteiger partial charge in [0.15, 0.2) is 0 Å². The number of carbonyl (C=O) groups excluding carboxylic acids is 2. The van der Waals surface area contributed by atoms with Gasteiger partial charge in [-0.05, 0) is 50.8 Å². The van der Waals surface area contributed by atoms with Gasteiger partial charge < -0.3 is 20.7 Å². The van der Waals surface area contributed by atoms with Crippen LogP contribution in [0.15, 0.2) is 36.5 Å². The average Bonchev–Trinajstić information content (AvgIpc) is 3.61. The van der Waals surface area contributed by atoms with Crippen LogP contribution in [0.3, 0.4) is 0 Å². The van der Waals surface area contributed by atoms with Crippen LogP contribution in [0.2, 0.25) is 0 Å². The van der Waals surface area contributed by atoms with E-state index in [0.717, 1.165) is 50.0 Å². The Kier molecular flexibility index (Phi) is 6.64. The predicted molar refractivity (Wildman–Crippen MR) is 117 cm³/mol. The number of rotatable bonds is 8. The third-order valence-corrected chi connectivity index (χ3v) is 5.65. The Balaban J connectivity index is 1.40. The summed E-state index contributed by atoms with van der Waals surface area (Å²) >= 11 is 0. The van der Waals surface area contributed by atoms with Gasteiger partial charge in [-0.2, -0.15) is 0 Å². The monoisotopic (exact) mass is 423 g/mol. The van der Waals surface area contributed by atoms with E-state index >= 15 is 0 Å². The van der Waals surface area contributed by atoms with E-state index in [9.17, 15) is 9.59 Å². The van der Waals surface area contributed by atoms with Gasteiger partial charge in [-0.15, -0.1) is 0 Å². The van der Waals surface area contributed by atoms with Crippen molar-refractivity contribution < 1.29 is 14.3 Å². The Morgan fingerprint density at radius 3 is 2.58 bits per heavy atom. The zero-order valence-corrected chi connectivity index (χ0v) is 17.8. The molecule has 2 aliphatic rings. The van der Waals surface area contributed by atoms with E-state index in [4.69, 9.17) is 4.74 Å². The zero-order valence-electron chi connectivity index (χ0n) is 17.8. The molecule has 1 heterocycles. The summed E-state index contributed by atoms with van der Waals surface area (Å²) in [5.74, 6) is 1.11. The summed E-state index contributed by atoms with van der Waals surface area (Å²) in [6, 6.07) is 8.98. The molecule has 0 spiro atoms. The highest BCUT2D eigenvalue weighted by atomic mass is 16.5. The van der Waals surface area contributed by atoms with Crippen LogP contribution < -0.4 is 20.7 Å². The van der Waals surface area contributed by atoms with Gasteiger partial charge >= 0.3 is 0 Å². The fraction of sp³-hybridized carbons (Fsp3) is 0.478. The number of amides is 2. The molecule has 2 saturated carbocycles. The van der Waals surface area contributed by atoms with Gasteiger partial charge in [0, 0.05) is 36.0 Å². The third-order valence-electron chi connectivity index (χ3n) is 5.65. The molecule has 2 amide bonds. The number of benzene rings is 1. The molecule has 8 heteroatoms. The molecule has 2 fully saturated rings. The van der Waals surface area contributed by atoms with Gasteiger partial charge in [-0.1, -0.05) is 18.9 Å². The van der Waals surface area contributed by atoms with E-state index in [0.29, 0.717) is 12.6 Å². The van der Waals surface area contributed by atoms with Crippen LogP contribution in [0.25, 0.3) is 0 Å². The van der Waals surface area contributed by atoms with Gasteiger partial charge in [0.25, 0.3) is 5.91 Å². The standard InChI is InChI=1S/C23H29N5O3/c1-2-31-17-7-5-6-16(14-17)25-23-24-13-12-20(28-23)22(30)27-19-9-4-3-8-18(19)26-21(29)15-10-11-15/h5-7,12-15,18-19H,2-4,8-11H2,1H3,(H,26,29)(H,27,30)(H,24,25,28). The van der Waals surface area contributed by atoms with Gasteiger partial charge in [0.05, 0.1) is 6.61 Å². The number of hydrogen-bond donors (Lipinski definition) is 3. The lowest BCUT2D eigenvalue weighted by Crippen LogP contribution is -2.53. The molecule has 164 valence electrons. The van der Waals surface area contributed by atoms with E-state index < -0.39 is 0 Å². The Bertz CT molecular complexity index is 931. The van der Waals surface area contributed by atoms with Crippen molar-refractivity contribution in [1.29, 1.82) is 0 Å². The molecule has 2 atom stereocenters. The van der Waals surface area contributed by atoms with Crippen molar-refractivity contribution in [2.45, 2.75) is 57.5 Å². The molecule has 1 aromatic carbocycles. The van der Waals surface area contributed by atoms with Gasteiger partial charge in [0.2, 0.25) is 11.9 Å². The number of anilines is 2. The number of carbonyl (C=O) groups is 2. The first kappa shape index (κ1) is 21.1. The molecule has 2 aliphatic carbocycles. The van der Waals surface area contributed by atoms with E-state index in [1.54, 1.807) is 12.3 Å². The molecule has 2 aromatic rings. The Hall–Kier alpha value is -3.16. The molecule has 31 heavy (non-hydrogen) atoms. The predicted octanol–water partition coefficient (Wildman–Crippen LogP) is 3.19. The minimum absolute atomic E-state index is 0.0217. The number of aromatic nitrogens is 2. The molecule has 3 N–H and O–H groups in total. The first-order chi connectivity index (χ1) is 15.1. The number of ether oxygens (including phenoxy) is 1. The molecule has 0 saturated heterocycles. The number of nitrogens with zero attached hydrogens (tertiary/aromatic N) is 2. The van der Waals surface area contributed by atoms with Crippen LogP contribution in [0.5, 0.6) is 5.75 Å². The fourth-order valence-corrected chi connectivity index (χ4v) is 3.87. The summed E-state index contributed by atoms with van der Waals surface area (Å²) in [5, 5.41) is 9.33. The molecule has 0 aliphatic heterocycles.